The van der Waals surface area contributed by atoms with Gasteiger partial charge in [0.05, 0.1) is 6.54 Å². The van der Waals surface area contributed by atoms with Crippen molar-refractivity contribution in [3.8, 4) is 0 Å². The smallest absolute Gasteiger partial charge is 0.104 e. The number of amidine groups is 1. The molecular formula is C11H19N3. The number of piperidine rings is 1. The Labute approximate surface area is 85.6 Å². The van der Waals surface area contributed by atoms with Crippen LogP contribution in [0.5, 0.6) is 0 Å². The lowest BCUT2D eigenvalue weighted by atomic mass is 9.98. The van der Waals surface area contributed by atoms with E-state index in [0.29, 0.717) is 5.92 Å². The highest BCUT2D eigenvalue weighted by Crippen LogP contribution is 2.31. The van der Waals surface area contributed by atoms with Crippen LogP contribution in [0.3, 0.4) is 0 Å². The van der Waals surface area contributed by atoms with Gasteiger partial charge in [-0.3, -0.25) is 4.99 Å². The molecule has 0 aromatic heterocycles. The summed E-state index contributed by atoms with van der Waals surface area (Å²) in [5, 5.41) is 3.48. The van der Waals surface area contributed by atoms with Crippen LogP contribution in [0.25, 0.3) is 0 Å². The van der Waals surface area contributed by atoms with Crippen LogP contribution in [-0.4, -0.2) is 43.0 Å². The summed E-state index contributed by atoms with van der Waals surface area (Å²) in [7, 11) is 0. The highest BCUT2D eigenvalue weighted by atomic mass is 15.3. The molecule has 2 aliphatic heterocycles. The minimum Gasteiger partial charge on any atom is -0.355 e. The van der Waals surface area contributed by atoms with Gasteiger partial charge < -0.3 is 10.2 Å². The van der Waals surface area contributed by atoms with Crippen molar-refractivity contribution in [1.82, 2.24) is 10.2 Å². The third kappa shape index (κ3) is 1.54. The predicted octanol–water partition coefficient (Wildman–Crippen LogP) is 0.862. The Balaban J connectivity index is 1.69. The summed E-state index contributed by atoms with van der Waals surface area (Å²) in [6.07, 6.45) is 5.47. The number of nitrogens with one attached hydrogen (secondary N) is 1. The number of hydrogen-bond donors (Lipinski definition) is 1. The summed E-state index contributed by atoms with van der Waals surface area (Å²) in [6.45, 7) is 4.59. The topological polar surface area (TPSA) is 27.6 Å². The van der Waals surface area contributed by atoms with Crippen LogP contribution in [-0.2, 0) is 0 Å². The Morgan fingerprint density at radius 3 is 2.93 bits per heavy atom. The molecule has 1 atom stereocenters. The van der Waals surface area contributed by atoms with E-state index < -0.39 is 0 Å². The summed E-state index contributed by atoms with van der Waals surface area (Å²) >= 11 is 0. The van der Waals surface area contributed by atoms with E-state index in [1.807, 2.05) is 0 Å². The molecule has 1 saturated carbocycles. The molecule has 1 N–H and O–H groups in total. The van der Waals surface area contributed by atoms with E-state index in [4.69, 9.17) is 4.99 Å². The van der Waals surface area contributed by atoms with Crippen LogP contribution >= 0.6 is 0 Å². The van der Waals surface area contributed by atoms with Crippen molar-refractivity contribution >= 4 is 5.84 Å². The molecule has 1 aliphatic carbocycles. The molecule has 3 nitrogen and oxygen atoms in total. The summed E-state index contributed by atoms with van der Waals surface area (Å²) in [5.41, 5.74) is 0. The summed E-state index contributed by atoms with van der Waals surface area (Å²) in [6, 6.07) is 0.859. The molecule has 0 bridgehead atoms. The van der Waals surface area contributed by atoms with Gasteiger partial charge in [0, 0.05) is 25.0 Å². The SMILES string of the molecule is C1CNCC(C2=NCCN2C2CC2)C1. The zero-order valence-corrected chi connectivity index (χ0v) is 8.71. The number of hydrogen-bond acceptors (Lipinski definition) is 3. The Morgan fingerprint density at radius 2 is 2.21 bits per heavy atom. The van der Waals surface area contributed by atoms with Gasteiger partial charge in [-0.05, 0) is 32.2 Å². The van der Waals surface area contributed by atoms with Gasteiger partial charge in [-0.25, -0.2) is 0 Å². The second-order valence-electron chi connectivity index (χ2n) is 4.71. The van der Waals surface area contributed by atoms with E-state index in [-0.39, 0.29) is 0 Å². The van der Waals surface area contributed by atoms with Crippen LogP contribution in [0.4, 0.5) is 0 Å². The molecule has 0 amide bonds. The molecule has 0 spiro atoms. The quantitative estimate of drug-likeness (QED) is 0.704. The Kier molecular flexibility index (Phi) is 2.20. The molecule has 3 heteroatoms. The second-order valence-corrected chi connectivity index (χ2v) is 4.71. The van der Waals surface area contributed by atoms with Gasteiger partial charge in [0.2, 0.25) is 0 Å². The number of nitrogens with zero attached hydrogens (tertiary/aromatic N) is 2. The fourth-order valence-electron chi connectivity index (χ4n) is 2.67. The van der Waals surface area contributed by atoms with Gasteiger partial charge in [-0.1, -0.05) is 0 Å². The average Bonchev–Trinajstić information content (AvgIpc) is 2.98. The van der Waals surface area contributed by atoms with Gasteiger partial charge in [-0.2, -0.15) is 0 Å². The highest BCUT2D eigenvalue weighted by Gasteiger charge is 2.36. The first-order valence-corrected chi connectivity index (χ1v) is 5.97. The fraction of sp³-hybridized carbons (Fsp3) is 0.909. The maximum Gasteiger partial charge on any atom is 0.104 e. The second kappa shape index (κ2) is 3.54. The molecule has 14 heavy (non-hydrogen) atoms. The standard InChI is InChI=1S/C11H19N3/c1-2-9(8-12-5-1)11-13-6-7-14(11)10-3-4-10/h9-10,12H,1-8H2. The third-order valence-electron chi connectivity index (χ3n) is 3.56. The monoisotopic (exact) mass is 193 g/mol. The van der Waals surface area contributed by atoms with Crippen LogP contribution in [0, 0.1) is 5.92 Å². The molecule has 2 heterocycles. The Morgan fingerprint density at radius 1 is 1.29 bits per heavy atom. The maximum absolute atomic E-state index is 4.70. The molecule has 2 fully saturated rings. The molecule has 0 radical (unpaired) electrons. The minimum absolute atomic E-state index is 0.715. The van der Waals surface area contributed by atoms with Crippen molar-refractivity contribution in [3.05, 3.63) is 0 Å². The first kappa shape index (κ1) is 8.72. The van der Waals surface area contributed by atoms with E-state index >= 15 is 0 Å². The molecule has 3 rings (SSSR count). The van der Waals surface area contributed by atoms with Crippen LogP contribution in [0.1, 0.15) is 25.7 Å². The average molecular weight is 193 g/mol. The molecule has 78 valence electrons. The molecule has 1 saturated heterocycles. The largest absolute Gasteiger partial charge is 0.355 e. The summed E-state index contributed by atoms with van der Waals surface area (Å²) < 4.78 is 0. The lowest BCUT2D eigenvalue weighted by Crippen LogP contribution is -2.42. The van der Waals surface area contributed by atoms with Crippen molar-refractivity contribution in [3.63, 3.8) is 0 Å². The predicted molar refractivity (Wildman–Crippen MR) is 57.6 cm³/mol. The van der Waals surface area contributed by atoms with Gasteiger partial charge >= 0.3 is 0 Å². The van der Waals surface area contributed by atoms with Gasteiger partial charge in [0.1, 0.15) is 5.84 Å². The zero-order valence-electron chi connectivity index (χ0n) is 8.71. The molecule has 1 unspecified atom stereocenters. The van der Waals surface area contributed by atoms with E-state index in [9.17, 15) is 0 Å². The third-order valence-corrected chi connectivity index (χ3v) is 3.56. The van der Waals surface area contributed by atoms with Crippen molar-refractivity contribution in [2.75, 3.05) is 26.2 Å². The lowest BCUT2D eigenvalue weighted by molar-refractivity contribution is 0.384. The highest BCUT2D eigenvalue weighted by molar-refractivity contribution is 5.87. The maximum atomic E-state index is 4.70. The van der Waals surface area contributed by atoms with Gasteiger partial charge in [0.15, 0.2) is 0 Å². The van der Waals surface area contributed by atoms with E-state index in [1.54, 1.807) is 0 Å². The molecule has 3 aliphatic rings. The van der Waals surface area contributed by atoms with Crippen LogP contribution in [0.2, 0.25) is 0 Å². The van der Waals surface area contributed by atoms with Crippen molar-refractivity contribution in [2.24, 2.45) is 10.9 Å². The molecule has 0 aromatic rings. The zero-order chi connectivity index (χ0) is 9.38. The van der Waals surface area contributed by atoms with Crippen LogP contribution in [0.15, 0.2) is 4.99 Å². The van der Waals surface area contributed by atoms with E-state index in [1.165, 1.54) is 44.6 Å². The van der Waals surface area contributed by atoms with Crippen molar-refractivity contribution < 1.29 is 0 Å². The first-order chi connectivity index (χ1) is 6.95. The normalized spacial score (nSPS) is 33.3. The first-order valence-electron chi connectivity index (χ1n) is 5.97. The van der Waals surface area contributed by atoms with Crippen molar-refractivity contribution in [2.45, 2.75) is 31.7 Å². The Hall–Kier alpha value is -0.570. The van der Waals surface area contributed by atoms with Crippen molar-refractivity contribution in [1.29, 1.82) is 0 Å². The van der Waals surface area contributed by atoms with Crippen LogP contribution < -0.4 is 5.32 Å². The summed E-state index contributed by atoms with van der Waals surface area (Å²) in [5.74, 6) is 2.14. The number of rotatable bonds is 2. The lowest BCUT2D eigenvalue weighted by Gasteiger charge is -2.29. The number of aliphatic imine (C=N–C) groups is 1. The van der Waals surface area contributed by atoms with Gasteiger partial charge in [0.25, 0.3) is 0 Å². The van der Waals surface area contributed by atoms with E-state index in [2.05, 4.69) is 10.2 Å². The molecular weight excluding hydrogens is 174 g/mol. The Bertz CT molecular complexity index is 239. The van der Waals surface area contributed by atoms with E-state index in [0.717, 1.165) is 19.1 Å². The van der Waals surface area contributed by atoms with Gasteiger partial charge in [-0.15, -0.1) is 0 Å². The molecule has 0 aromatic carbocycles. The minimum atomic E-state index is 0.715. The fourth-order valence-corrected chi connectivity index (χ4v) is 2.67. The summed E-state index contributed by atoms with van der Waals surface area (Å²) in [4.78, 5) is 7.29.